The van der Waals surface area contributed by atoms with E-state index in [-0.39, 0.29) is 5.92 Å². The lowest BCUT2D eigenvalue weighted by Crippen LogP contribution is -2.45. The summed E-state index contributed by atoms with van der Waals surface area (Å²) in [5.41, 5.74) is 2.60. The van der Waals surface area contributed by atoms with Crippen LogP contribution in [0.4, 0.5) is 0 Å². The molecule has 0 atom stereocenters. The summed E-state index contributed by atoms with van der Waals surface area (Å²) >= 11 is 0. The largest absolute Gasteiger partial charge is 0.355 e. The van der Waals surface area contributed by atoms with Crippen LogP contribution in [0.2, 0.25) is 0 Å². The summed E-state index contributed by atoms with van der Waals surface area (Å²) in [6.07, 6.45) is 6.30. The van der Waals surface area contributed by atoms with Gasteiger partial charge in [-0.05, 0) is 30.9 Å². The number of aromatic nitrogens is 3. The van der Waals surface area contributed by atoms with Crippen LogP contribution in [0.5, 0.6) is 0 Å². The van der Waals surface area contributed by atoms with Gasteiger partial charge in [-0.1, -0.05) is 79.9 Å². The van der Waals surface area contributed by atoms with Gasteiger partial charge in [-0.25, -0.2) is 4.99 Å². The molecule has 1 aliphatic rings. The van der Waals surface area contributed by atoms with E-state index >= 15 is 0 Å². The third-order valence-electron chi connectivity index (χ3n) is 6.38. The molecule has 0 aliphatic heterocycles. The van der Waals surface area contributed by atoms with Gasteiger partial charge in [0.15, 0.2) is 11.8 Å². The highest BCUT2D eigenvalue weighted by Crippen LogP contribution is 2.24. The summed E-state index contributed by atoms with van der Waals surface area (Å²) in [7, 11) is 1.99. The number of guanidine groups is 1. The van der Waals surface area contributed by atoms with Gasteiger partial charge in [0.05, 0.1) is 0 Å². The molecule has 0 radical (unpaired) electrons. The number of rotatable bonds is 7. The van der Waals surface area contributed by atoms with Crippen LogP contribution in [0.15, 0.2) is 65.7 Å². The molecule has 2 aromatic carbocycles. The van der Waals surface area contributed by atoms with Crippen LogP contribution in [-0.4, -0.2) is 33.3 Å². The maximum absolute atomic E-state index is 4.89. The summed E-state index contributed by atoms with van der Waals surface area (Å²) in [5, 5.41) is 15.8. The number of nitrogens with zero attached hydrogens (tertiary/aromatic N) is 4. The van der Waals surface area contributed by atoms with E-state index in [9.17, 15) is 0 Å². The predicted octanol–water partition coefficient (Wildman–Crippen LogP) is 4.32. The summed E-state index contributed by atoms with van der Waals surface area (Å²) in [6, 6.07) is 21.9. The average Bonchev–Trinajstić information content (AvgIpc) is 3.17. The van der Waals surface area contributed by atoms with Gasteiger partial charge in [-0.15, -0.1) is 10.2 Å². The van der Waals surface area contributed by atoms with Crippen molar-refractivity contribution in [3.63, 3.8) is 0 Å². The molecule has 4 rings (SSSR count). The van der Waals surface area contributed by atoms with Crippen molar-refractivity contribution in [2.24, 2.45) is 12.0 Å². The normalized spacial score (nSPS) is 15.2. The van der Waals surface area contributed by atoms with E-state index in [1.807, 2.05) is 18.5 Å². The minimum atomic E-state index is 0.243. The van der Waals surface area contributed by atoms with E-state index in [1.165, 1.54) is 43.2 Å². The zero-order valence-electron chi connectivity index (χ0n) is 19.2. The van der Waals surface area contributed by atoms with Gasteiger partial charge in [0.2, 0.25) is 0 Å². The lowest BCUT2D eigenvalue weighted by atomic mass is 9.91. The van der Waals surface area contributed by atoms with Crippen LogP contribution in [0.1, 0.15) is 60.8 Å². The van der Waals surface area contributed by atoms with Crippen molar-refractivity contribution < 1.29 is 0 Å². The first kappa shape index (κ1) is 22.1. The van der Waals surface area contributed by atoms with Crippen LogP contribution in [-0.2, 0) is 13.6 Å². The molecule has 168 valence electrons. The van der Waals surface area contributed by atoms with E-state index in [0.717, 1.165) is 24.2 Å². The van der Waals surface area contributed by atoms with Crippen molar-refractivity contribution in [1.82, 2.24) is 25.4 Å². The van der Waals surface area contributed by atoms with Gasteiger partial charge in [-0.3, -0.25) is 0 Å². The third-order valence-corrected chi connectivity index (χ3v) is 6.38. The second-order valence-electron chi connectivity index (χ2n) is 8.62. The fourth-order valence-corrected chi connectivity index (χ4v) is 4.33. The highest BCUT2D eigenvalue weighted by Gasteiger charge is 2.18. The highest BCUT2D eigenvalue weighted by molar-refractivity contribution is 5.80. The smallest absolute Gasteiger partial charge is 0.191 e. The third kappa shape index (κ3) is 5.75. The molecule has 1 heterocycles. The molecule has 1 fully saturated rings. The predicted molar refractivity (Wildman–Crippen MR) is 130 cm³/mol. The van der Waals surface area contributed by atoms with Crippen molar-refractivity contribution in [3.05, 3.63) is 83.4 Å². The molecule has 0 unspecified atom stereocenters. The fraction of sp³-hybridized carbons (Fsp3) is 0.423. The molecule has 0 spiro atoms. The van der Waals surface area contributed by atoms with E-state index in [0.29, 0.717) is 12.6 Å². The van der Waals surface area contributed by atoms with E-state index < -0.39 is 0 Å². The summed E-state index contributed by atoms with van der Waals surface area (Å²) in [6.45, 7) is 3.23. The van der Waals surface area contributed by atoms with Crippen molar-refractivity contribution in [1.29, 1.82) is 0 Å². The fourth-order valence-electron chi connectivity index (χ4n) is 4.33. The van der Waals surface area contributed by atoms with Crippen LogP contribution in [0.25, 0.3) is 0 Å². The molecule has 3 aromatic rings. The van der Waals surface area contributed by atoms with Crippen molar-refractivity contribution in [3.8, 4) is 0 Å². The minimum absolute atomic E-state index is 0.243. The lowest BCUT2D eigenvalue weighted by Gasteiger charge is -2.26. The zero-order chi connectivity index (χ0) is 22.2. The average molecular weight is 431 g/mol. The van der Waals surface area contributed by atoms with E-state index in [1.54, 1.807) is 0 Å². The second kappa shape index (κ2) is 10.9. The van der Waals surface area contributed by atoms with Crippen LogP contribution in [0, 0.1) is 6.92 Å². The zero-order valence-corrected chi connectivity index (χ0v) is 19.2. The van der Waals surface area contributed by atoms with Gasteiger partial charge in [0.25, 0.3) is 0 Å². The van der Waals surface area contributed by atoms with E-state index in [4.69, 9.17) is 4.99 Å². The van der Waals surface area contributed by atoms with Crippen LogP contribution >= 0.6 is 0 Å². The Morgan fingerprint density at radius 3 is 2.16 bits per heavy atom. The number of nitrogens with one attached hydrogen (secondary N) is 2. The maximum Gasteiger partial charge on any atom is 0.191 e. The number of aryl methyl sites for hydroxylation is 1. The Balaban J connectivity index is 1.52. The first-order chi connectivity index (χ1) is 15.7. The monoisotopic (exact) mass is 430 g/mol. The van der Waals surface area contributed by atoms with Crippen LogP contribution < -0.4 is 10.6 Å². The highest BCUT2D eigenvalue weighted by atomic mass is 15.3. The van der Waals surface area contributed by atoms with Gasteiger partial charge in [0.1, 0.15) is 12.4 Å². The van der Waals surface area contributed by atoms with Gasteiger partial charge < -0.3 is 15.2 Å². The lowest BCUT2D eigenvalue weighted by molar-refractivity contribution is 0.409. The maximum atomic E-state index is 4.89. The molecular formula is C26H34N6. The molecule has 6 heteroatoms. The van der Waals surface area contributed by atoms with Gasteiger partial charge in [0, 0.05) is 25.6 Å². The molecule has 1 saturated carbocycles. The molecule has 32 heavy (non-hydrogen) atoms. The molecular weight excluding hydrogens is 396 g/mol. The van der Waals surface area contributed by atoms with Gasteiger partial charge >= 0.3 is 0 Å². The summed E-state index contributed by atoms with van der Waals surface area (Å²) in [4.78, 5) is 4.89. The van der Waals surface area contributed by atoms with Crippen LogP contribution in [0.3, 0.4) is 0 Å². The number of hydrogen-bond donors (Lipinski definition) is 2. The minimum Gasteiger partial charge on any atom is -0.355 e. The molecule has 2 N–H and O–H groups in total. The quantitative estimate of drug-likeness (QED) is 0.433. The Bertz CT molecular complexity index is 950. The first-order valence-electron chi connectivity index (χ1n) is 11.7. The van der Waals surface area contributed by atoms with Crippen molar-refractivity contribution in [2.75, 3.05) is 6.54 Å². The molecule has 1 aliphatic carbocycles. The Kier molecular flexibility index (Phi) is 7.54. The molecule has 6 nitrogen and oxygen atoms in total. The Labute approximate surface area is 191 Å². The number of benzene rings is 2. The topological polar surface area (TPSA) is 67.1 Å². The molecule has 0 saturated heterocycles. The van der Waals surface area contributed by atoms with Gasteiger partial charge in [-0.2, -0.15) is 0 Å². The summed E-state index contributed by atoms with van der Waals surface area (Å²) in [5.74, 6) is 2.87. The van der Waals surface area contributed by atoms with Crippen molar-refractivity contribution >= 4 is 5.96 Å². The van der Waals surface area contributed by atoms with Crippen molar-refractivity contribution in [2.45, 2.75) is 57.5 Å². The molecule has 1 aromatic heterocycles. The Hall–Kier alpha value is -3.15. The molecule has 0 bridgehead atoms. The standard InChI is InChI=1S/C26H34N6/c1-20-30-31-25(32(20)2)19-28-26(29-23-16-10-5-11-17-23)27-18-24(21-12-6-3-7-13-21)22-14-8-4-9-15-22/h3-4,6-9,12-15,23-24H,5,10-11,16-19H2,1-2H3,(H2,27,28,29). The van der Waals surface area contributed by atoms with E-state index in [2.05, 4.69) is 81.5 Å². The first-order valence-corrected chi connectivity index (χ1v) is 11.7. The Morgan fingerprint density at radius 2 is 1.59 bits per heavy atom. The SMILES string of the molecule is Cc1nnc(CN=C(NCC(c2ccccc2)c2ccccc2)NC2CCCCC2)n1C. The summed E-state index contributed by atoms with van der Waals surface area (Å²) < 4.78 is 2.00. The number of hydrogen-bond acceptors (Lipinski definition) is 3. The Morgan fingerprint density at radius 1 is 0.969 bits per heavy atom. The molecule has 0 amide bonds. The second-order valence-corrected chi connectivity index (χ2v) is 8.62. The number of aliphatic imine (C=N–C) groups is 1.